The minimum absolute atomic E-state index is 0.158. The van der Waals surface area contributed by atoms with Crippen LogP contribution in [-0.2, 0) is 0 Å². The van der Waals surface area contributed by atoms with Gasteiger partial charge in [-0.05, 0) is 61.9 Å². The number of hydrogen-bond donors (Lipinski definition) is 1. The van der Waals surface area contributed by atoms with E-state index in [-0.39, 0.29) is 5.91 Å². The molecular formula is C23H19N3O2. The van der Waals surface area contributed by atoms with Crippen LogP contribution in [0.1, 0.15) is 21.5 Å². The van der Waals surface area contributed by atoms with E-state index in [2.05, 4.69) is 15.5 Å². The zero-order chi connectivity index (χ0) is 19.5. The van der Waals surface area contributed by atoms with Gasteiger partial charge in [0.25, 0.3) is 5.91 Å². The Morgan fingerprint density at radius 3 is 2.11 bits per heavy atom. The summed E-state index contributed by atoms with van der Waals surface area (Å²) in [6.07, 6.45) is 0. The van der Waals surface area contributed by atoms with Crippen LogP contribution in [0.4, 0.5) is 5.69 Å². The van der Waals surface area contributed by atoms with Gasteiger partial charge in [0.05, 0.1) is 0 Å². The Morgan fingerprint density at radius 2 is 1.46 bits per heavy atom. The third kappa shape index (κ3) is 3.69. The van der Waals surface area contributed by atoms with Crippen molar-refractivity contribution in [2.24, 2.45) is 0 Å². The molecule has 0 unspecified atom stereocenters. The van der Waals surface area contributed by atoms with Gasteiger partial charge in [-0.2, -0.15) is 0 Å². The minimum atomic E-state index is -0.158. The number of carbonyl (C=O) groups is 1. The second kappa shape index (κ2) is 7.48. The van der Waals surface area contributed by atoms with Crippen LogP contribution in [0.2, 0.25) is 0 Å². The number of carbonyl (C=O) groups excluding carboxylic acids is 1. The van der Waals surface area contributed by atoms with E-state index in [4.69, 9.17) is 4.42 Å². The van der Waals surface area contributed by atoms with Gasteiger partial charge in [-0.25, -0.2) is 0 Å². The zero-order valence-corrected chi connectivity index (χ0v) is 15.6. The Hall–Kier alpha value is -3.73. The second-order valence-corrected chi connectivity index (χ2v) is 6.63. The lowest BCUT2D eigenvalue weighted by molar-refractivity contribution is 0.102. The van der Waals surface area contributed by atoms with Crippen LogP contribution in [0.25, 0.3) is 22.9 Å². The Labute approximate surface area is 163 Å². The summed E-state index contributed by atoms with van der Waals surface area (Å²) in [5.74, 6) is 0.724. The van der Waals surface area contributed by atoms with E-state index in [1.807, 2.05) is 62.4 Å². The minimum Gasteiger partial charge on any atom is -0.416 e. The van der Waals surface area contributed by atoms with Crippen LogP contribution in [0.3, 0.4) is 0 Å². The van der Waals surface area contributed by atoms with Crippen LogP contribution in [-0.4, -0.2) is 16.1 Å². The number of amides is 1. The van der Waals surface area contributed by atoms with E-state index in [0.29, 0.717) is 17.3 Å². The first-order valence-electron chi connectivity index (χ1n) is 8.98. The molecule has 1 aromatic heterocycles. The largest absolute Gasteiger partial charge is 0.416 e. The molecule has 0 aliphatic heterocycles. The van der Waals surface area contributed by atoms with Gasteiger partial charge in [-0.1, -0.05) is 35.9 Å². The first-order valence-corrected chi connectivity index (χ1v) is 8.98. The van der Waals surface area contributed by atoms with Crippen molar-refractivity contribution in [1.82, 2.24) is 10.2 Å². The molecule has 28 heavy (non-hydrogen) atoms. The molecule has 138 valence electrons. The summed E-state index contributed by atoms with van der Waals surface area (Å²) in [5.41, 5.74) is 5.19. The summed E-state index contributed by atoms with van der Waals surface area (Å²) >= 11 is 0. The average Bonchev–Trinajstić information content (AvgIpc) is 3.21. The van der Waals surface area contributed by atoms with Crippen LogP contribution in [0.5, 0.6) is 0 Å². The molecule has 0 bridgehead atoms. The van der Waals surface area contributed by atoms with Crippen molar-refractivity contribution >= 4 is 11.6 Å². The van der Waals surface area contributed by atoms with Crippen molar-refractivity contribution in [3.63, 3.8) is 0 Å². The topological polar surface area (TPSA) is 68.0 Å². The van der Waals surface area contributed by atoms with Crippen molar-refractivity contribution in [2.75, 3.05) is 5.32 Å². The highest BCUT2D eigenvalue weighted by Crippen LogP contribution is 2.24. The molecule has 5 nitrogen and oxygen atoms in total. The Kier molecular flexibility index (Phi) is 4.72. The standard InChI is InChI=1S/C23H19N3O2/c1-15-8-13-20(16(2)14-15)24-21(27)17-9-11-19(12-10-17)23-26-25-22(28-23)18-6-4-3-5-7-18/h3-14H,1-2H3,(H,24,27). The molecule has 0 atom stereocenters. The normalized spacial score (nSPS) is 10.6. The SMILES string of the molecule is Cc1ccc(NC(=O)c2ccc(-c3nnc(-c4ccccc4)o3)cc2)c(C)c1. The predicted molar refractivity (Wildman–Crippen MR) is 109 cm³/mol. The van der Waals surface area contributed by atoms with Gasteiger partial charge >= 0.3 is 0 Å². The van der Waals surface area contributed by atoms with Gasteiger partial charge in [-0.15, -0.1) is 10.2 Å². The third-order valence-electron chi connectivity index (χ3n) is 4.47. The first-order chi connectivity index (χ1) is 13.6. The lowest BCUT2D eigenvalue weighted by atomic mass is 10.1. The van der Waals surface area contributed by atoms with Crippen LogP contribution >= 0.6 is 0 Å². The maximum atomic E-state index is 12.5. The number of benzene rings is 3. The van der Waals surface area contributed by atoms with Gasteiger partial charge in [0, 0.05) is 22.4 Å². The highest BCUT2D eigenvalue weighted by Gasteiger charge is 2.12. The van der Waals surface area contributed by atoms with Crippen LogP contribution in [0, 0.1) is 13.8 Å². The molecule has 1 heterocycles. The fraction of sp³-hybridized carbons (Fsp3) is 0.0870. The monoisotopic (exact) mass is 369 g/mol. The summed E-state index contributed by atoms with van der Waals surface area (Å²) in [7, 11) is 0. The number of nitrogens with zero attached hydrogens (tertiary/aromatic N) is 2. The zero-order valence-electron chi connectivity index (χ0n) is 15.6. The number of aryl methyl sites for hydroxylation is 2. The summed E-state index contributed by atoms with van der Waals surface area (Å²) in [6, 6.07) is 22.6. The van der Waals surface area contributed by atoms with E-state index in [1.54, 1.807) is 24.3 Å². The second-order valence-electron chi connectivity index (χ2n) is 6.63. The van der Waals surface area contributed by atoms with Crippen molar-refractivity contribution < 1.29 is 9.21 Å². The molecule has 4 rings (SSSR count). The first kappa shape index (κ1) is 17.7. The summed E-state index contributed by atoms with van der Waals surface area (Å²) in [6.45, 7) is 4.00. The average molecular weight is 369 g/mol. The molecule has 1 amide bonds. The molecule has 0 fully saturated rings. The van der Waals surface area contributed by atoms with E-state index < -0.39 is 0 Å². The van der Waals surface area contributed by atoms with Crippen molar-refractivity contribution in [3.05, 3.63) is 89.5 Å². The lowest BCUT2D eigenvalue weighted by Gasteiger charge is -2.09. The summed E-state index contributed by atoms with van der Waals surface area (Å²) in [5, 5.41) is 11.2. The smallest absolute Gasteiger partial charge is 0.255 e. The van der Waals surface area contributed by atoms with E-state index in [9.17, 15) is 4.79 Å². The third-order valence-corrected chi connectivity index (χ3v) is 4.47. The number of nitrogens with one attached hydrogen (secondary N) is 1. The number of rotatable bonds is 4. The lowest BCUT2D eigenvalue weighted by Crippen LogP contribution is -2.12. The molecule has 0 saturated heterocycles. The maximum absolute atomic E-state index is 12.5. The van der Waals surface area contributed by atoms with Gasteiger partial charge in [0.15, 0.2) is 0 Å². The molecule has 4 aromatic rings. The molecule has 0 aliphatic rings. The molecule has 3 aromatic carbocycles. The Balaban J connectivity index is 1.51. The van der Waals surface area contributed by atoms with Crippen LogP contribution in [0.15, 0.2) is 77.2 Å². The van der Waals surface area contributed by atoms with E-state index in [0.717, 1.165) is 27.9 Å². The highest BCUT2D eigenvalue weighted by atomic mass is 16.4. The summed E-state index contributed by atoms with van der Waals surface area (Å²) < 4.78 is 5.76. The molecule has 5 heteroatoms. The van der Waals surface area contributed by atoms with E-state index in [1.165, 1.54) is 0 Å². The van der Waals surface area contributed by atoms with E-state index >= 15 is 0 Å². The quantitative estimate of drug-likeness (QED) is 0.532. The summed E-state index contributed by atoms with van der Waals surface area (Å²) in [4.78, 5) is 12.5. The maximum Gasteiger partial charge on any atom is 0.255 e. The molecular weight excluding hydrogens is 350 g/mol. The molecule has 0 spiro atoms. The van der Waals surface area contributed by atoms with Gasteiger partial charge < -0.3 is 9.73 Å². The molecule has 1 N–H and O–H groups in total. The van der Waals surface area contributed by atoms with Crippen molar-refractivity contribution in [3.8, 4) is 22.9 Å². The van der Waals surface area contributed by atoms with Gasteiger partial charge in [0.1, 0.15) is 0 Å². The highest BCUT2D eigenvalue weighted by molar-refractivity contribution is 6.04. The van der Waals surface area contributed by atoms with Gasteiger partial charge in [0.2, 0.25) is 11.8 Å². The van der Waals surface area contributed by atoms with Crippen molar-refractivity contribution in [1.29, 1.82) is 0 Å². The number of aromatic nitrogens is 2. The fourth-order valence-electron chi connectivity index (χ4n) is 2.95. The Morgan fingerprint density at radius 1 is 0.821 bits per heavy atom. The fourth-order valence-corrected chi connectivity index (χ4v) is 2.95. The van der Waals surface area contributed by atoms with Gasteiger partial charge in [-0.3, -0.25) is 4.79 Å². The molecule has 0 aliphatic carbocycles. The molecule has 0 saturated carbocycles. The number of hydrogen-bond acceptors (Lipinski definition) is 4. The van der Waals surface area contributed by atoms with Crippen LogP contribution < -0.4 is 5.32 Å². The number of anilines is 1. The Bertz CT molecular complexity index is 1120. The predicted octanol–water partition coefficient (Wildman–Crippen LogP) is 5.27. The van der Waals surface area contributed by atoms with Crippen molar-refractivity contribution in [2.45, 2.75) is 13.8 Å². The molecule has 0 radical (unpaired) electrons.